The largest absolute Gasteiger partial charge is 0.359 e. The van der Waals surface area contributed by atoms with Crippen molar-refractivity contribution in [2.45, 2.75) is 58.5 Å². The zero-order valence-corrected chi connectivity index (χ0v) is 21.7. The van der Waals surface area contributed by atoms with Crippen molar-refractivity contribution in [2.24, 2.45) is 0 Å². The first-order valence-corrected chi connectivity index (χ1v) is 13.5. The Hall–Kier alpha value is -3.28. The fraction of sp³-hybridized carbons (Fsp3) is 0.467. The molecule has 3 aliphatic heterocycles. The van der Waals surface area contributed by atoms with Gasteiger partial charge in [0.05, 0.1) is 6.54 Å². The lowest BCUT2D eigenvalue weighted by atomic mass is 10.1. The van der Waals surface area contributed by atoms with Crippen LogP contribution in [0.1, 0.15) is 43.9 Å². The maximum atomic E-state index is 12.2. The highest BCUT2D eigenvalue weighted by Gasteiger charge is 2.29. The molecule has 6 heteroatoms. The smallest absolute Gasteiger partial charge is 0.242 e. The summed E-state index contributed by atoms with van der Waals surface area (Å²) >= 11 is 0. The van der Waals surface area contributed by atoms with Gasteiger partial charge in [0.2, 0.25) is 11.8 Å². The van der Waals surface area contributed by atoms with Crippen molar-refractivity contribution in [1.82, 2.24) is 14.4 Å². The first-order valence-electron chi connectivity index (χ1n) is 13.5. The molecule has 2 fully saturated rings. The van der Waals surface area contributed by atoms with E-state index in [1.165, 1.54) is 16.6 Å². The zero-order chi connectivity index (χ0) is 25.1. The van der Waals surface area contributed by atoms with E-state index in [9.17, 15) is 9.59 Å². The van der Waals surface area contributed by atoms with E-state index in [1.54, 1.807) is 0 Å². The van der Waals surface area contributed by atoms with E-state index >= 15 is 0 Å². The highest BCUT2D eigenvalue weighted by atomic mass is 16.2. The van der Waals surface area contributed by atoms with E-state index in [-0.39, 0.29) is 11.8 Å². The van der Waals surface area contributed by atoms with Gasteiger partial charge in [-0.2, -0.15) is 0 Å². The van der Waals surface area contributed by atoms with Crippen LogP contribution in [-0.2, 0) is 22.6 Å². The van der Waals surface area contributed by atoms with Crippen molar-refractivity contribution in [3.63, 3.8) is 0 Å². The summed E-state index contributed by atoms with van der Waals surface area (Å²) in [5.74, 6) is 0.535. The van der Waals surface area contributed by atoms with Crippen molar-refractivity contribution < 1.29 is 9.59 Å². The number of carbonyl (C=O) groups excluding carboxylic acids is 2. The van der Waals surface area contributed by atoms with E-state index in [0.717, 1.165) is 69.5 Å². The number of aryl methyl sites for hydroxylation is 1. The van der Waals surface area contributed by atoms with E-state index in [0.29, 0.717) is 19.1 Å². The van der Waals surface area contributed by atoms with Crippen LogP contribution in [0.4, 0.5) is 5.69 Å². The molecule has 1 atom stereocenters. The maximum Gasteiger partial charge on any atom is 0.242 e. The van der Waals surface area contributed by atoms with Crippen LogP contribution < -0.4 is 4.90 Å². The van der Waals surface area contributed by atoms with Crippen molar-refractivity contribution >= 4 is 28.4 Å². The van der Waals surface area contributed by atoms with Gasteiger partial charge in [0, 0.05) is 49.1 Å². The summed E-state index contributed by atoms with van der Waals surface area (Å²) in [6.45, 7) is 9.03. The average molecular weight is 487 g/mol. The standard InChI is InChI=1S/C15H20N2O.C15H18N2O/c2*1-12-10-13-6-2-3-7-14(13)17(12)11-15(18)16-8-4-5-9-16/h2-3,6-7,12H,4-5,8-11H2,1H3;2-3,6-7,10H,4-5,8-9,11H2,1H3. The van der Waals surface area contributed by atoms with Gasteiger partial charge in [-0.25, -0.2) is 0 Å². The van der Waals surface area contributed by atoms with E-state index in [1.807, 2.05) is 21.9 Å². The minimum absolute atomic E-state index is 0.247. The fourth-order valence-corrected chi connectivity index (χ4v) is 5.84. The van der Waals surface area contributed by atoms with Gasteiger partial charge in [0.25, 0.3) is 0 Å². The Morgan fingerprint density at radius 2 is 1.39 bits per heavy atom. The Balaban J connectivity index is 0.000000148. The van der Waals surface area contributed by atoms with Gasteiger partial charge in [-0.1, -0.05) is 36.4 Å². The second kappa shape index (κ2) is 10.8. The summed E-state index contributed by atoms with van der Waals surface area (Å²) in [5, 5.41) is 1.21. The molecule has 6 nitrogen and oxygen atoms in total. The third-order valence-corrected chi connectivity index (χ3v) is 7.88. The van der Waals surface area contributed by atoms with Gasteiger partial charge in [-0.15, -0.1) is 0 Å². The first-order chi connectivity index (χ1) is 17.5. The Kier molecular flexibility index (Phi) is 7.30. The van der Waals surface area contributed by atoms with Crippen molar-refractivity contribution in [3.05, 3.63) is 65.9 Å². The number of benzene rings is 2. The molecule has 3 aliphatic rings. The summed E-state index contributed by atoms with van der Waals surface area (Å²) in [7, 11) is 0. The Bertz CT molecular complexity index is 1220. The Morgan fingerprint density at radius 3 is 2.08 bits per heavy atom. The van der Waals surface area contributed by atoms with Crippen molar-refractivity contribution in [2.75, 3.05) is 37.6 Å². The van der Waals surface area contributed by atoms with Crippen LogP contribution >= 0.6 is 0 Å². The highest BCUT2D eigenvalue weighted by Crippen LogP contribution is 2.31. The van der Waals surface area contributed by atoms with Crippen LogP contribution in [0.15, 0.2) is 54.6 Å². The molecule has 0 saturated carbocycles. The molecule has 190 valence electrons. The van der Waals surface area contributed by atoms with Crippen molar-refractivity contribution in [1.29, 1.82) is 0 Å². The number of anilines is 1. The quantitative estimate of drug-likeness (QED) is 0.540. The first kappa shape index (κ1) is 24.4. The molecule has 0 spiro atoms. The molecule has 0 radical (unpaired) electrons. The van der Waals surface area contributed by atoms with Gasteiger partial charge in [0.1, 0.15) is 6.54 Å². The Labute approximate surface area is 214 Å². The number of hydrogen-bond acceptors (Lipinski definition) is 3. The normalized spacial score (nSPS) is 18.9. The number of fused-ring (bicyclic) bond motifs is 2. The summed E-state index contributed by atoms with van der Waals surface area (Å²) in [5.41, 5.74) is 4.93. The van der Waals surface area contributed by atoms with Gasteiger partial charge in [-0.3, -0.25) is 9.59 Å². The monoisotopic (exact) mass is 486 g/mol. The second-order valence-electron chi connectivity index (χ2n) is 10.4. The predicted molar refractivity (Wildman–Crippen MR) is 145 cm³/mol. The van der Waals surface area contributed by atoms with Crippen LogP contribution in [-0.4, -0.2) is 64.9 Å². The average Bonchev–Trinajstić information content (AvgIpc) is 3.68. The minimum atomic E-state index is 0.247. The van der Waals surface area contributed by atoms with Crippen LogP contribution in [0, 0.1) is 6.92 Å². The third-order valence-electron chi connectivity index (χ3n) is 7.88. The van der Waals surface area contributed by atoms with Gasteiger partial charge in [0.15, 0.2) is 0 Å². The van der Waals surface area contributed by atoms with Crippen LogP contribution in [0.25, 0.3) is 10.9 Å². The van der Waals surface area contributed by atoms with Gasteiger partial charge >= 0.3 is 0 Å². The highest BCUT2D eigenvalue weighted by molar-refractivity contribution is 5.84. The summed E-state index contributed by atoms with van der Waals surface area (Å²) in [6, 6.07) is 19.3. The molecule has 1 aromatic heterocycles. The number of rotatable bonds is 4. The molecular weight excluding hydrogens is 448 g/mol. The Morgan fingerprint density at radius 1 is 0.806 bits per heavy atom. The molecular formula is C30H38N4O2. The van der Waals surface area contributed by atoms with E-state index in [2.05, 4.69) is 65.8 Å². The van der Waals surface area contributed by atoms with E-state index < -0.39 is 0 Å². The molecule has 4 heterocycles. The minimum Gasteiger partial charge on any atom is -0.359 e. The molecule has 1 unspecified atom stereocenters. The molecule has 36 heavy (non-hydrogen) atoms. The summed E-state index contributed by atoms with van der Waals surface area (Å²) in [4.78, 5) is 30.7. The second-order valence-corrected chi connectivity index (χ2v) is 10.4. The molecule has 3 aromatic rings. The lowest BCUT2D eigenvalue weighted by Gasteiger charge is -2.26. The van der Waals surface area contributed by atoms with Gasteiger partial charge in [-0.05, 0) is 75.1 Å². The maximum absolute atomic E-state index is 12.2. The molecule has 0 aliphatic carbocycles. The summed E-state index contributed by atoms with van der Waals surface area (Å²) in [6.07, 6.45) is 5.69. The number of hydrogen-bond donors (Lipinski definition) is 0. The fourth-order valence-electron chi connectivity index (χ4n) is 5.84. The van der Waals surface area contributed by atoms with Crippen LogP contribution in [0.3, 0.4) is 0 Å². The molecule has 2 aromatic carbocycles. The van der Waals surface area contributed by atoms with Crippen LogP contribution in [0.5, 0.6) is 0 Å². The SMILES string of the molecule is CC1Cc2ccccc2N1CC(=O)N1CCCC1.Cc1cc2ccccc2n1CC(=O)N1CCCC1. The number of likely N-dealkylation sites (tertiary alicyclic amines) is 2. The molecule has 2 saturated heterocycles. The molecule has 0 bridgehead atoms. The number of carbonyl (C=O) groups is 2. The summed E-state index contributed by atoms with van der Waals surface area (Å²) < 4.78 is 2.12. The topological polar surface area (TPSA) is 48.8 Å². The number of para-hydroxylation sites is 2. The molecule has 6 rings (SSSR count). The molecule has 2 amide bonds. The number of amides is 2. The predicted octanol–water partition coefficient (Wildman–Crippen LogP) is 4.63. The lowest BCUT2D eigenvalue weighted by molar-refractivity contribution is -0.131. The number of aromatic nitrogens is 1. The number of nitrogens with zero attached hydrogens (tertiary/aromatic N) is 4. The lowest BCUT2D eigenvalue weighted by Crippen LogP contribution is -2.41. The van der Waals surface area contributed by atoms with E-state index in [4.69, 9.17) is 0 Å². The van der Waals surface area contributed by atoms with Crippen molar-refractivity contribution in [3.8, 4) is 0 Å². The third kappa shape index (κ3) is 5.13. The molecule has 0 N–H and O–H groups in total. The zero-order valence-electron chi connectivity index (χ0n) is 21.7. The van der Waals surface area contributed by atoms with Crippen LogP contribution in [0.2, 0.25) is 0 Å². The van der Waals surface area contributed by atoms with Gasteiger partial charge < -0.3 is 19.3 Å².